The van der Waals surface area contributed by atoms with Crippen molar-refractivity contribution in [1.29, 1.82) is 0 Å². The van der Waals surface area contributed by atoms with E-state index in [1.807, 2.05) is 30.3 Å². The number of hydrogen-bond donors (Lipinski definition) is 2. The van der Waals surface area contributed by atoms with Crippen molar-refractivity contribution in [2.45, 2.75) is 12.5 Å². The lowest BCUT2D eigenvalue weighted by Crippen LogP contribution is -2.32. The number of aliphatic hydroxyl groups is 1. The molecule has 0 fully saturated rings. The molecule has 1 heterocycles. The van der Waals surface area contributed by atoms with Crippen LogP contribution in [-0.4, -0.2) is 38.0 Å². The maximum absolute atomic E-state index is 9.85. The topological polar surface area (TPSA) is 63.9 Å². The minimum Gasteiger partial charge on any atom is -0.497 e. The van der Waals surface area contributed by atoms with Crippen LogP contribution < -0.4 is 14.8 Å². The fourth-order valence-corrected chi connectivity index (χ4v) is 1.88. The molecular formula is C16H21NO4. The zero-order valence-corrected chi connectivity index (χ0v) is 12.1. The summed E-state index contributed by atoms with van der Waals surface area (Å²) in [7, 11) is 1.61. The molecule has 1 atom stereocenters. The molecule has 21 heavy (non-hydrogen) atoms. The lowest BCUT2D eigenvalue weighted by atomic mass is 10.3. The normalized spacial score (nSPS) is 12.1. The predicted octanol–water partition coefficient (Wildman–Crippen LogP) is 1.86. The van der Waals surface area contributed by atoms with Gasteiger partial charge in [0.25, 0.3) is 0 Å². The number of furan rings is 1. The molecule has 0 saturated heterocycles. The van der Waals surface area contributed by atoms with Crippen LogP contribution in [0.4, 0.5) is 0 Å². The zero-order chi connectivity index (χ0) is 14.9. The highest BCUT2D eigenvalue weighted by Crippen LogP contribution is 2.18. The van der Waals surface area contributed by atoms with Crippen molar-refractivity contribution in [3.8, 4) is 11.5 Å². The van der Waals surface area contributed by atoms with E-state index in [0.717, 1.165) is 24.5 Å². The van der Waals surface area contributed by atoms with Gasteiger partial charge in [-0.2, -0.15) is 0 Å². The molecule has 0 amide bonds. The minimum atomic E-state index is -0.562. The van der Waals surface area contributed by atoms with E-state index < -0.39 is 6.10 Å². The van der Waals surface area contributed by atoms with Gasteiger partial charge in [0.15, 0.2) is 0 Å². The average Bonchev–Trinajstić information content (AvgIpc) is 3.03. The molecule has 0 aliphatic heterocycles. The van der Waals surface area contributed by atoms with E-state index in [2.05, 4.69) is 5.32 Å². The van der Waals surface area contributed by atoms with Gasteiger partial charge in [0.05, 0.1) is 13.4 Å². The third-order valence-electron chi connectivity index (χ3n) is 2.99. The molecule has 1 aromatic carbocycles. The van der Waals surface area contributed by atoms with Crippen LogP contribution in [-0.2, 0) is 6.42 Å². The molecule has 0 spiro atoms. The SMILES string of the molecule is COc1cccc(OCC(O)CNCCc2ccco2)c1. The van der Waals surface area contributed by atoms with E-state index in [9.17, 15) is 5.11 Å². The Labute approximate surface area is 124 Å². The molecule has 2 N–H and O–H groups in total. The van der Waals surface area contributed by atoms with Gasteiger partial charge in [-0.1, -0.05) is 6.07 Å². The van der Waals surface area contributed by atoms with E-state index in [1.165, 1.54) is 0 Å². The van der Waals surface area contributed by atoms with Crippen LogP contribution in [0.15, 0.2) is 47.1 Å². The summed E-state index contributed by atoms with van der Waals surface area (Å²) >= 11 is 0. The summed E-state index contributed by atoms with van der Waals surface area (Å²) in [5.41, 5.74) is 0. The van der Waals surface area contributed by atoms with Gasteiger partial charge in [0.2, 0.25) is 0 Å². The Bertz CT molecular complexity index is 513. The van der Waals surface area contributed by atoms with Crippen LogP contribution in [0, 0.1) is 0 Å². The largest absolute Gasteiger partial charge is 0.497 e. The summed E-state index contributed by atoms with van der Waals surface area (Å²) in [6, 6.07) is 11.1. The Morgan fingerprint density at radius 1 is 1.24 bits per heavy atom. The second-order valence-electron chi connectivity index (χ2n) is 4.68. The molecule has 5 nitrogen and oxygen atoms in total. The number of nitrogens with one attached hydrogen (secondary N) is 1. The summed E-state index contributed by atoms with van der Waals surface area (Å²) in [5.74, 6) is 2.35. The summed E-state index contributed by atoms with van der Waals surface area (Å²) in [6.07, 6.45) is 1.90. The third kappa shape index (κ3) is 5.49. The number of hydrogen-bond acceptors (Lipinski definition) is 5. The minimum absolute atomic E-state index is 0.237. The Balaban J connectivity index is 1.61. The van der Waals surface area contributed by atoms with Gasteiger partial charge >= 0.3 is 0 Å². The Kier molecular flexibility index (Phi) is 6.12. The Morgan fingerprint density at radius 2 is 2.10 bits per heavy atom. The monoisotopic (exact) mass is 291 g/mol. The molecule has 2 aromatic rings. The van der Waals surface area contributed by atoms with E-state index >= 15 is 0 Å². The molecule has 0 aliphatic rings. The maximum atomic E-state index is 9.85. The first-order chi connectivity index (χ1) is 10.3. The third-order valence-corrected chi connectivity index (χ3v) is 2.99. The molecule has 0 aliphatic carbocycles. The van der Waals surface area contributed by atoms with Crippen molar-refractivity contribution in [2.24, 2.45) is 0 Å². The van der Waals surface area contributed by atoms with Crippen molar-refractivity contribution in [3.63, 3.8) is 0 Å². The van der Waals surface area contributed by atoms with E-state index in [-0.39, 0.29) is 6.61 Å². The fraction of sp³-hybridized carbons (Fsp3) is 0.375. The van der Waals surface area contributed by atoms with Crippen LogP contribution in [0.5, 0.6) is 11.5 Å². The maximum Gasteiger partial charge on any atom is 0.123 e. The van der Waals surface area contributed by atoms with Gasteiger partial charge in [-0.3, -0.25) is 0 Å². The van der Waals surface area contributed by atoms with Crippen LogP contribution >= 0.6 is 0 Å². The van der Waals surface area contributed by atoms with E-state index in [1.54, 1.807) is 19.4 Å². The Morgan fingerprint density at radius 3 is 2.86 bits per heavy atom. The highest BCUT2D eigenvalue weighted by Gasteiger charge is 2.05. The predicted molar refractivity (Wildman–Crippen MR) is 79.8 cm³/mol. The molecule has 0 radical (unpaired) electrons. The van der Waals surface area contributed by atoms with E-state index in [0.29, 0.717) is 12.3 Å². The summed E-state index contributed by atoms with van der Waals surface area (Å²) in [6.45, 7) is 1.47. The molecule has 2 rings (SSSR count). The van der Waals surface area contributed by atoms with Crippen molar-refractivity contribution in [2.75, 3.05) is 26.8 Å². The number of aliphatic hydroxyl groups excluding tert-OH is 1. The van der Waals surface area contributed by atoms with Gasteiger partial charge in [0, 0.05) is 25.6 Å². The second kappa shape index (κ2) is 8.34. The van der Waals surface area contributed by atoms with Crippen molar-refractivity contribution in [3.05, 3.63) is 48.4 Å². The average molecular weight is 291 g/mol. The smallest absolute Gasteiger partial charge is 0.123 e. The summed E-state index contributed by atoms with van der Waals surface area (Å²) in [5, 5.41) is 13.0. The first-order valence-corrected chi connectivity index (χ1v) is 6.96. The standard InChI is InChI=1S/C16H21NO4/c1-19-15-4-2-5-16(10-15)21-12-13(18)11-17-8-7-14-6-3-9-20-14/h2-6,9-10,13,17-18H,7-8,11-12H2,1H3. The summed E-state index contributed by atoms with van der Waals surface area (Å²) < 4.78 is 15.9. The molecule has 0 bridgehead atoms. The molecule has 0 saturated carbocycles. The first-order valence-electron chi connectivity index (χ1n) is 6.96. The molecule has 1 unspecified atom stereocenters. The Hall–Kier alpha value is -1.98. The van der Waals surface area contributed by atoms with Crippen LogP contribution in [0.2, 0.25) is 0 Å². The first kappa shape index (κ1) is 15.4. The second-order valence-corrected chi connectivity index (χ2v) is 4.68. The zero-order valence-electron chi connectivity index (χ0n) is 12.1. The number of methoxy groups -OCH3 is 1. The van der Waals surface area contributed by atoms with Gasteiger partial charge in [-0.15, -0.1) is 0 Å². The van der Waals surface area contributed by atoms with Crippen molar-refractivity contribution < 1.29 is 19.0 Å². The molecule has 114 valence electrons. The van der Waals surface area contributed by atoms with E-state index in [4.69, 9.17) is 13.9 Å². The lowest BCUT2D eigenvalue weighted by molar-refractivity contribution is 0.106. The van der Waals surface area contributed by atoms with Crippen LogP contribution in [0.25, 0.3) is 0 Å². The number of ether oxygens (including phenoxy) is 2. The fourth-order valence-electron chi connectivity index (χ4n) is 1.88. The van der Waals surface area contributed by atoms with Crippen molar-refractivity contribution in [1.82, 2.24) is 5.32 Å². The number of benzene rings is 1. The van der Waals surface area contributed by atoms with Crippen LogP contribution in [0.1, 0.15) is 5.76 Å². The van der Waals surface area contributed by atoms with Gasteiger partial charge < -0.3 is 24.3 Å². The van der Waals surface area contributed by atoms with Gasteiger partial charge in [-0.05, 0) is 24.3 Å². The number of rotatable bonds is 9. The summed E-state index contributed by atoms with van der Waals surface area (Å²) in [4.78, 5) is 0. The lowest BCUT2D eigenvalue weighted by Gasteiger charge is -2.13. The van der Waals surface area contributed by atoms with Crippen LogP contribution in [0.3, 0.4) is 0 Å². The molecular weight excluding hydrogens is 270 g/mol. The van der Waals surface area contributed by atoms with Crippen molar-refractivity contribution >= 4 is 0 Å². The highest BCUT2D eigenvalue weighted by molar-refractivity contribution is 5.32. The highest BCUT2D eigenvalue weighted by atomic mass is 16.5. The quantitative estimate of drug-likeness (QED) is 0.690. The molecule has 1 aromatic heterocycles. The molecule has 5 heteroatoms. The van der Waals surface area contributed by atoms with Gasteiger partial charge in [0.1, 0.15) is 30.0 Å². The van der Waals surface area contributed by atoms with Gasteiger partial charge in [-0.25, -0.2) is 0 Å².